The molecule has 4 rings (SSSR count). The van der Waals surface area contributed by atoms with Crippen LogP contribution >= 0.6 is 11.6 Å². The van der Waals surface area contributed by atoms with Gasteiger partial charge in [-0.15, -0.1) is 0 Å². The van der Waals surface area contributed by atoms with Gasteiger partial charge >= 0.3 is 0 Å². The highest BCUT2D eigenvalue weighted by Crippen LogP contribution is 2.35. The van der Waals surface area contributed by atoms with E-state index in [-0.39, 0.29) is 17.9 Å². The number of nitrogens with zero attached hydrogens (tertiary/aromatic N) is 4. The molecule has 9 heteroatoms. The summed E-state index contributed by atoms with van der Waals surface area (Å²) in [6, 6.07) is 8.61. The molecule has 0 unspecified atom stereocenters. The van der Waals surface area contributed by atoms with Crippen LogP contribution < -0.4 is 0 Å². The van der Waals surface area contributed by atoms with Crippen LogP contribution in [-0.2, 0) is 28.0 Å². The van der Waals surface area contributed by atoms with Crippen molar-refractivity contribution in [2.45, 2.75) is 56.2 Å². The Hall–Kier alpha value is -1.48. The van der Waals surface area contributed by atoms with Crippen LogP contribution in [0.2, 0.25) is 5.02 Å². The minimum Gasteiger partial charge on any atom is -0.374 e. The Labute approximate surface area is 189 Å². The highest BCUT2D eigenvalue weighted by atomic mass is 35.5. The predicted octanol–water partition coefficient (Wildman–Crippen LogP) is 2.85. The lowest BCUT2D eigenvalue weighted by atomic mass is 9.83. The summed E-state index contributed by atoms with van der Waals surface area (Å²) in [7, 11) is -1.18. The number of hydrogen-bond donors (Lipinski definition) is 0. The molecule has 0 N–H and O–H groups in total. The van der Waals surface area contributed by atoms with Gasteiger partial charge in [0, 0.05) is 42.9 Å². The molecule has 1 aliphatic heterocycles. The lowest BCUT2D eigenvalue weighted by molar-refractivity contribution is -0.0756. The fourth-order valence-corrected chi connectivity index (χ4v) is 5.95. The van der Waals surface area contributed by atoms with Crippen molar-refractivity contribution in [1.29, 1.82) is 0 Å². The maximum atomic E-state index is 11.9. The van der Waals surface area contributed by atoms with Crippen molar-refractivity contribution in [3.05, 3.63) is 47.0 Å². The predicted molar refractivity (Wildman–Crippen MR) is 121 cm³/mol. The van der Waals surface area contributed by atoms with Crippen molar-refractivity contribution in [3.63, 3.8) is 0 Å². The summed E-state index contributed by atoms with van der Waals surface area (Å²) in [6.07, 6.45) is 7.87. The van der Waals surface area contributed by atoms with E-state index in [2.05, 4.69) is 27.1 Å². The number of aromatic nitrogens is 3. The number of halogens is 1. The van der Waals surface area contributed by atoms with Gasteiger partial charge in [0.05, 0.1) is 18.5 Å². The average Bonchev–Trinajstić information content (AvgIpc) is 3.16. The summed E-state index contributed by atoms with van der Waals surface area (Å²) in [5.74, 6) is 1.42. The maximum Gasteiger partial charge on any atom is 0.153 e. The third-order valence-electron chi connectivity index (χ3n) is 6.43. The molecule has 7 nitrogen and oxygen atoms in total. The van der Waals surface area contributed by atoms with Gasteiger partial charge in [-0.1, -0.05) is 23.7 Å². The smallest absolute Gasteiger partial charge is 0.153 e. The maximum absolute atomic E-state index is 11.9. The minimum absolute atomic E-state index is 0.0738. The van der Waals surface area contributed by atoms with Crippen molar-refractivity contribution in [1.82, 2.24) is 19.7 Å². The second-order valence-electron chi connectivity index (χ2n) is 9.01. The van der Waals surface area contributed by atoms with Crippen molar-refractivity contribution in [3.8, 4) is 0 Å². The summed E-state index contributed by atoms with van der Waals surface area (Å²) < 4.78 is 31.5. The molecule has 0 amide bonds. The van der Waals surface area contributed by atoms with E-state index < -0.39 is 9.84 Å². The lowest BCUT2D eigenvalue weighted by Crippen LogP contribution is -2.56. The second kappa shape index (κ2) is 9.57. The van der Waals surface area contributed by atoms with Gasteiger partial charge in [0.15, 0.2) is 5.82 Å². The molecule has 1 aromatic carbocycles. The Morgan fingerprint density at radius 2 is 1.87 bits per heavy atom. The van der Waals surface area contributed by atoms with Crippen molar-refractivity contribution < 1.29 is 13.2 Å². The van der Waals surface area contributed by atoms with Crippen LogP contribution in [0.4, 0.5) is 0 Å². The van der Waals surface area contributed by atoms with Gasteiger partial charge in [-0.2, -0.15) is 5.10 Å². The van der Waals surface area contributed by atoms with Gasteiger partial charge in [-0.05, 0) is 49.8 Å². The third-order valence-corrected chi connectivity index (χ3v) is 7.66. The number of aryl methyl sites for hydroxylation is 1. The average molecular weight is 467 g/mol. The molecule has 0 radical (unpaired) electrons. The standard InChI is InChI=1S/C22H31ClN4O3S/c1-26-15-24-22(25-26)17-5-9-19(10-6-17)27-12-21(14-31(2,28)29)30-13-20(27)11-16-3-7-18(23)8-4-16/h3-4,7-8,15,17,19-21H,5-6,9-14H2,1-2H3/t17?,19?,20-,21+/m0/s1. The first-order chi connectivity index (χ1) is 14.8. The first-order valence-electron chi connectivity index (χ1n) is 10.9. The molecule has 2 fully saturated rings. The molecule has 1 aromatic heterocycles. The molecule has 170 valence electrons. The largest absolute Gasteiger partial charge is 0.374 e. The Balaban J connectivity index is 1.45. The normalized spacial score (nSPS) is 28.0. The Morgan fingerprint density at radius 1 is 1.16 bits per heavy atom. The molecule has 1 aliphatic carbocycles. The van der Waals surface area contributed by atoms with Gasteiger partial charge in [0.2, 0.25) is 0 Å². The van der Waals surface area contributed by atoms with Crippen LogP contribution in [0.5, 0.6) is 0 Å². The minimum atomic E-state index is -3.09. The number of hydrogen-bond acceptors (Lipinski definition) is 6. The van der Waals surface area contributed by atoms with E-state index >= 15 is 0 Å². The molecule has 31 heavy (non-hydrogen) atoms. The van der Waals surface area contributed by atoms with Crippen molar-refractivity contribution in [2.75, 3.05) is 25.2 Å². The molecule has 2 heterocycles. The van der Waals surface area contributed by atoms with E-state index in [1.807, 2.05) is 19.2 Å². The molecule has 1 saturated heterocycles. The number of ether oxygens (including phenoxy) is 1. The van der Waals surface area contributed by atoms with E-state index in [1.165, 1.54) is 11.8 Å². The van der Waals surface area contributed by atoms with Crippen LogP contribution in [0.3, 0.4) is 0 Å². The third kappa shape index (κ3) is 6.06. The summed E-state index contributed by atoms with van der Waals surface area (Å²) in [6.45, 7) is 1.20. The number of sulfone groups is 1. The number of benzene rings is 1. The van der Waals surface area contributed by atoms with E-state index in [1.54, 1.807) is 11.0 Å². The zero-order chi connectivity index (χ0) is 22.0. The molecule has 2 aromatic rings. The highest BCUT2D eigenvalue weighted by Gasteiger charge is 2.37. The zero-order valence-corrected chi connectivity index (χ0v) is 19.7. The Kier molecular flexibility index (Phi) is 7.01. The van der Waals surface area contributed by atoms with Gasteiger partial charge < -0.3 is 4.74 Å². The quantitative estimate of drug-likeness (QED) is 0.651. The van der Waals surface area contributed by atoms with Gasteiger partial charge in [-0.3, -0.25) is 9.58 Å². The van der Waals surface area contributed by atoms with E-state index in [4.69, 9.17) is 16.3 Å². The highest BCUT2D eigenvalue weighted by molar-refractivity contribution is 7.90. The first-order valence-corrected chi connectivity index (χ1v) is 13.4. The molecule has 2 aliphatic rings. The molecule has 0 spiro atoms. The van der Waals surface area contributed by atoms with E-state index in [9.17, 15) is 8.42 Å². The van der Waals surface area contributed by atoms with Crippen molar-refractivity contribution in [2.24, 2.45) is 7.05 Å². The monoisotopic (exact) mass is 466 g/mol. The topological polar surface area (TPSA) is 77.3 Å². The van der Waals surface area contributed by atoms with E-state index in [0.717, 1.165) is 43.0 Å². The van der Waals surface area contributed by atoms with Gasteiger partial charge in [0.1, 0.15) is 16.2 Å². The van der Waals surface area contributed by atoms with Crippen LogP contribution in [0.1, 0.15) is 43.0 Å². The number of rotatable bonds is 6. The fraction of sp³-hybridized carbons (Fsp3) is 0.636. The fourth-order valence-electron chi connectivity index (χ4n) is 4.94. The van der Waals surface area contributed by atoms with Crippen LogP contribution in [0, 0.1) is 0 Å². The molecule has 1 saturated carbocycles. The number of morpholine rings is 1. The Bertz CT molecular complexity index is 971. The second-order valence-corrected chi connectivity index (χ2v) is 11.6. The zero-order valence-electron chi connectivity index (χ0n) is 18.2. The molecular weight excluding hydrogens is 436 g/mol. The van der Waals surface area contributed by atoms with E-state index in [0.29, 0.717) is 25.1 Å². The SMILES string of the molecule is Cn1cnc(C2CCC(N3C[C@H](CS(C)(=O)=O)OC[C@@H]3Cc3ccc(Cl)cc3)CC2)n1. The molecular formula is C22H31ClN4O3S. The van der Waals surface area contributed by atoms with Crippen LogP contribution in [-0.4, -0.2) is 71.4 Å². The summed E-state index contributed by atoms with van der Waals surface area (Å²) in [5.41, 5.74) is 1.22. The summed E-state index contributed by atoms with van der Waals surface area (Å²) in [5, 5.41) is 5.23. The van der Waals surface area contributed by atoms with Crippen LogP contribution in [0.15, 0.2) is 30.6 Å². The lowest BCUT2D eigenvalue weighted by Gasteiger charge is -2.46. The van der Waals surface area contributed by atoms with Gasteiger partial charge in [-0.25, -0.2) is 13.4 Å². The molecule has 0 bridgehead atoms. The van der Waals surface area contributed by atoms with Crippen LogP contribution in [0.25, 0.3) is 0 Å². The Morgan fingerprint density at radius 3 is 2.48 bits per heavy atom. The first kappa shape index (κ1) is 22.7. The molecule has 2 atom stereocenters. The summed E-state index contributed by atoms with van der Waals surface area (Å²) in [4.78, 5) is 6.96. The van der Waals surface area contributed by atoms with Gasteiger partial charge in [0.25, 0.3) is 0 Å². The van der Waals surface area contributed by atoms with Crippen molar-refractivity contribution >= 4 is 21.4 Å². The summed E-state index contributed by atoms with van der Waals surface area (Å²) >= 11 is 6.05.